The molecule has 0 saturated carbocycles. The van der Waals surface area contributed by atoms with Crippen molar-refractivity contribution in [3.63, 3.8) is 0 Å². The summed E-state index contributed by atoms with van der Waals surface area (Å²) in [5.74, 6) is 5.22. The van der Waals surface area contributed by atoms with Crippen LogP contribution in [0.2, 0.25) is 0 Å². The van der Waals surface area contributed by atoms with E-state index in [2.05, 4.69) is 4.84 Å². The van der Waals surface area contributed by atoms with Gasteiger partial charge >= 0.3 is 0 Å². The topological polar surface area (TPSA) is 55.5 Å². The van der Waals surface area contributed by atoms with Gasteiger partial charge in [0.25, 0.3) is 0 Å². The summed E-state index contributed by atoms with van der Waals surface area (Å²) in [6, 6.07) is 5.29. The van der Waals surface area contributed by atoms with E-state index >= 15 is 0 Å². The highest BCUT2D eigenvalue weighted by Crippen LogP contribution is 2.30. The van der Waals surface area contributed by atoms with Crippen LogP contribution in [0.5, 0.6) is 5.75 Å². The van der Waals surface area contributed by atoms with E-state index in [1.165, 1.54) is 11.8 Å². The monoisotopic (exact) mass is 185 g/mol. The van der Waals surface area contributed by atoms with Crippen LogP contribution in [0.3, 0.4) is 0 Å². The van der Waals surface area contributed by atoms with Crippen molar-refractivity contribution in [3.05, 3.63) is 23.8 Å². The standard InChI is InChI=1S/C8H11NO2S/c1-12-8-6(5-11-9)3-2-4-7(8)10/h2-4,10H,5,9H2,1H3. The Balaban J connectivity index is 3.00. The molecule has 0 aliphatic carbocycles. The van der Waals surface area contributed by atoms with E-state index in [9.17, 15) is 5.11 Å². The van der Waals surface area contributed by atoms with E-state index in [-0.39, 0.29) is 5.75 Å². The second kappa shape index (κ2) is 4.35. The van der Waals surface area contributed by atoms with Crippen LogP contribution in [0.1, 0.15) is 5.56 Å². The number of nitrogens with two attached hydrogens (primary N) is 1. The van der Waals surface area contributed by atoms with Crippen LogP contribution in [-0.2, 0) is 11.4 Å². The van der Waals surface area contributed by atoms with Crippen LogP contribution in [0.25, 0.3) is 0 Å². The molecule has 0 aromatic heterocycles. The van der Waals surface area contributed by atoms with Gasteiger partial charge in [-0.25, -0.2) is 5.90 Å². The van der Waals surface area contributed by atoms with Crippen molar-refractivity contribution >= 4 is 11.8 Å². The van der Waals surface area contributed by atoms with Gasteiger partial charge in [-0.1, -0.05) is 12.1 Å². The average Bonchev–Trinajstić information content (AvgIpc) is 2.05. The molecule has 0 aliphatic heterocycles. The van der Waals surface area contributed by atoms with E-state index in [1.807, 2.05) is 12.3 Å². The molecule has 0 unspecified atom stereocenters. The molecular weight excluding hydrogens is 174 g/mol. The third-order valence-corrected chi connectivity index (χ3v) is 2.40. The van der Waals surface area contributed by atoms with Crippen LogP contribution < -0.4 is 5.90 Å². The van der Waals surface area contributed by atoms with Crippen LogP contribution >= 0.6 is 11.8 Å². The molecule has 0 bridgehead atoms. The van der Waals surface area contributed by atoms with Gasteiger partial charge in [0.2, 0.25) is 0 Å². The number of thioether (sulfide) groups is 1. The molecule has 0 amide bonds. The van der Waals surface area contributed by atoms with Crippen molar-refractivity contribution in [2.75, 3.05) is 6.26 Å². The van der Waals surface area contributed by atoms with Gasteiger partial charge < -0.3 is 5.11 Å². The largest absolute Gasteiger partial charge is 0.507 e. The van der Waals surface area contributed by atoms with Crippen LogP contribution in [-0.4, -0.2) is 11.4 Å². The molecular formula is C8H11NO2S. The molecule has 1 rings (SSSR count). The Hall–Kier alpha value is -0.710. The minimum atomic E-state index is 0.275. The SMILES string of the molecule is CSc1c(O)cccc1CON. The zero-order chi connectivity index (χ0) is 8.97. The lowest BCUT2D eigenvalue weighted by atomic mass is 10.2. The molecule has 0 fully saturated rings. The summed E-state index contributed by atoms with van der Waals surface area (Å²) in [6.45, 7) is 0.324. The van der Waals surface area contributed by atoms with Gasteiger partial charge in [0, 0.05) is 0 Å². The summed E-state index contributed by atoms with van der Waals surface area (Å²) in [5.41, 5.74) is 0.907. The fraction of sp³-hybridized carbons (Fsp3) is 0.250. The van der Waals surface area contributed by atoms with Crippen molar-refractivity contribution in [2.24, 2.45) is 5.90 Å². The van der Waals surface area contributed by atoms with Crippen molar-refractivity contribution < 1.29 is 9.94 Å². The van der Waals surface area contributed by atoms with Crippen molar-refractivity contribution in [1.82, 2.24) is 0 Å². The molecule has 0 saturated heterocycles. The van der Waals surface area contributed by atoms with Gasteiger partial charge in [0.1, 0.15) is 5.75 Å². The van der Waals surface area contributed by atoms with Gasteiger partial charge in [0.15, 0.2) is 0 Å². The molecule has 3 nitrogen and oxygen atoms in total. The number of benzene rings is 1. The summed E-state index contributed by atoms with van der Waals surface area (Å²) < 4.78 is 0. The summed E-state index contributed by atoms with van der Waals surface area (Å²) in [4.78, 5) is 5.32. The second-order valence-corrected chi connectivity index (χ2v) is 3.10. The zero-order valence-corrected chi connectivity index (χ0v) is 7.60. The molecule has 1 aromatic carbocycles. The number of hydrogen-bond acceptors (Lipinski definition) is 4. The van der Waals surface area contributed by atoms with Crippen LogP contribution in [0.4, 0.5) is 0 Å². The highest BCUT2D eigenvalue weighted by molar-refractivity contribution is 7.98. The minimum absolute atomic E-state index is 0.275. The highest BCUT2D eigenvalue weighted by atomic mass is 32.2. The number of hydrogen-bond donors (Lipinski definition) is 2. The predicted octanol–water partition coefficient (Wildman–Crippen LogP) is 1.50. The first-order valence-electron chi connectivity index (χ1n) is 3.46. The third kappa shape index (κ3) is 1.91. The Morgan fingerprint density at radius 3 is 2.92 bits per heavy atom. The van der Waals surface area contributed by atoms with E-state index in [0.717, 1.165) is 10.5 Å². The van der Waals surface area contributed by atoms with E-state index < -0.39 is 0 Å². The maximum absolute atomic E-state index is 9.40. The van der Waals surface area contributed by atoms with Gasteiger partial charge in [-0.05, 0) is 17.9 Å². The average molecular weight is 185 g/mol. The lowest BCUT2D eigenvalue weighted by Gasteiger charge is -2.06. The van der Waals surface area contributed by atoms with E-state index in [4.69, 9.17) is 5.90 Å². The first-order chi connectivity index (χ1) is 5.79. The Kier molecular flexibility index (Phi) is 3.40. The molecule has 0 aliphatic rings. The Morgan fingerprint density at radius 1 is 1.58 bits per heavy atom. The van der Waals surface area contributed by atoms with Crippen LogP contribution in [0, 0.1) is 0 Å². The van der Waals surface area contributed by atoms with Crippen molar-refractivity contribution in [1.29, 1.82) is 0 Å². The highest BCUT2D eigenvalue weighted by Gasteiger charge is 2.05. The molecule has 4 heteroatoms. The van der Waals surface area contributed by atoms with Gasteiger partial charge in [-0.2, -0.15) is 0 Å². The number of rotatable bonds is 3. The Morgan fingerprint density at radius 2 is 2.33 bits per heavy atom. The minimum Gasteiger partial charge on any atom is -0.507 e. The van der Waals surface area contributed by atoms with E-state index in [1.54, 1.807) is 12.1 Å². The zero-order valence-electron chi connectivity index (χ0n) is 6.78. The molecule has 66 valence electrons. The number of aromatic hydroxyl groups is 1. The van der Waals surface area contributed by atoms with Gasteiger partial charge in [-0.3, -0.25) is 4.84 Å². The number of phenols is 1. The van der Waals surface area contributed by atoms with Gasteiger partial charge in [0.05, 0.1) is 11.5 Å². The summed E-state index contributed by atoms with van der Waals surface area (Å²) in [5, 5.41) is 9.40. The fourth-order valence-electron chi connectivity index (χ4n) is 1.01. The molecule has 12 heavy (non-hydrogen) atoms. The molecule has 0 atom stereocenters. The van der Waals surface area contributed by atoms with E-state index in [0.29, 0.717) is 6.61 Å². The van der Waals surface area contributed by atoms with Crippen molar-refractivity contribution in [2.45, 2.75) is 11.5 Å². The molecule has 0 heterocycles. The molecule has 0 spiro atoms. The van der Waals surface area contributed by atoms with Crippen LogP contribution in [0.15, 0.2) is 23.1 Å². The maximum Gasteiger partial charge on any atom is 0.129 e. The van der Waals surface area contributed by atoms with Crippen molar-refractivity contribution in [3.8, 4) is 5.75 Å². The first kappa shape index (κ1) is 9.38. The second-order valence-electron chi connectivity index (χ2n) is 2.28. The Bertz CT molecular complexity index is 265. The number of phenolic OH excluding ortho intramolecular Hbond substituents is 1. The summed E-state index contributed by atoms with van der Waals surface area (Å²) >= 11 is 1.48. The maximum atomic E-state index is 9.40. The molecule has 0 radical (unpaired) electrons. The summed E-state index contributed by atoms with van der Waals surface area (Å²) in [6.07, 6.45) is 1.90. The predicted molar refractivity (Wildman–Crippen MR) is 48.9 cm³/mol. The lowest BCUT2D eigenvalue weighted by Crippen LogP contribution is -1.99. The third-order valence-electron chi connectivity index (χ3n) is 1.52. The lowest BCUT2D eigenvalue weighted by molar-refractivity contribution is 0.122. The summed E-state index contributed by atoms with van der Waals surface area (Å²) in [7, 11) is 0. The quantitative estimate of drug-likeness (QED) is 0.553. The van der Waals surface area contributed by atoms with Gasteiger partial charge in [-0.15, -0.1) is 11.8 Å². The molecule has 1 aromatic rings. The normalized spacial score (nSPS) is 10.2. The smallest absolute Gasteiger partial charge is 0.129 e. The Labute approximate surface area is 75.5 Å². The first-order valence-corrected chi connectivity index (χ1v) is 4.68. The molecule has 3 N–H and O–H groups in total. The fourth-order valence-corrected chi connectivity index (χ4v) is 1.68.